The van der Waals surface area contributed by atoms with E-state index in [0.29, 0.717) is 12.4 Å². The number of anilines is 1. The first kappa shape index (κ1) is 17.5. The smallest absolute Gasteiger partial charge is 0.255 e. The van der Waals surface area contributed by atoms with Crippen molar-refractivity contribution in [3.05, 3.63) is 35.8 Å². The third-order valence-electron chi connectivity index (χ3n) is 3.72. The maximum Gasteiger partial charge on any atom is 0.255 e. The molecule has 0 bridgehead atoms. The Morgan fingerprint density at radius 1 is 1.31 bits per heavy atom. The van der Waals surface area contributed by atoms with Crippen molar-refractivity contribution in [1.82, 2.24) is 19.6 Å². The second kappa shape index (κ2) is 6.92. The predicted molar refractivity (Wildman–Crippen MR) is 90.7 cm³/mol. The first-order valence-electron chi connectivity index (χ1n) is 7.87. The summed E-state index contributed by atoms with van der Waals surface area (Å²) < 4.78 is 35.0. The van der Waals surface area contributed by atoms with Crippen molar-refractivity contribution < 1.29 is 13.5 Å². The van der Waals surface area contributed by atoms with Gasteiger partial charge in [-0.25, -0.2) is 8.78 Å². The van der Waals surface area contributed by atoms with Gasteiger partial charge in [0.2, 0.25) is 0 Å². The maximum atomic E-state index is 14.7. The summed E-state index contributed by atoms with van der Waals surface area (Å²) >= 11 is 0. The first-order chi connectivity index (χ1) is 12.5. The molecule has 0 unspecified atom stereocenters. The van der Waals surface area contributed by atoms with E-state index in [0.717, 1.165) is 12.1 Å². The highest BCUT2D eigenvalue weighted by atomic mass is 19.1. The molecule has 3 rings (SSSR count). The van der Waals surface area contributed by atoms with Gasteiger partial charge in [-0.05, 0) is 12.0 Å². The highest BCUT2D eigenvalue weighted by Crippen LogP contribution is 2.35. The molecule has 0 saturated heterocycles. The van der Waals surface area contributed by atoms with Gasteiger partial charge in [-0.15, -0.1) is 0 Å². The lowest BCUT2D eigenvalue weighted by atomic mass is 10.0. The largest absolute Gasteiger partial charge is 0.494 e. The third kappa shape index (κ3) is 3.01. The Hall–Kier alpha value is -3.28. The number of nitriles is 1. The van der Waals surface area contributed by atoms with Crippen LogP contribution in [0.2, 0.25) is 0 Å². The highest BCUT2D eigenvalue weighted by molar-refractivity contribution is 5.81. The molecule has 0 fully saturated rings. The number of fused-ring (bicyclic) bond motifs is 1. The van der Waals surface area contributed by atoms with Crippen LogP contribution in [-0.2, 0) is 0 Å². The molecule has 1 aromatic carbocycles. The number of methoxy groups -OCH3 is 1. The highest BCUT2D eigenvalue weighted by Gasteiger charge is 2.23. The standard InChI is InChI=1S/C17H16F2N6O/c1-9(2)7-21-16-15(10-4-12(19)14(26-3)5-11(10)18)13(6-20)24-17-22-8-23-25(16)17/h4-5,8-9,21H,7H2,1-3H3. The fraction of sp³-hybridized carbons (Fsp3) is 0.294. The molecule has 2 aromatic heterocycles. The summed E-state index contributed by atoms with van der Waals surface area (Å²) in [7, 11) is 1.25. The van der Waals surface area contributed by atoms with Gasteiger partial charge in [-0.1, -0.05) is 13.8 Å². The second-order valence-electron chi connectivity index (χ2n) is 6.01. The van der Waals surface area contributed by atoms with Crippen molar-refractivity contribution in [2.24, 2.45) is 5.92 Å². The average Bonchev–Trinajstić information content (AvgIpc) is 3.08. The van der Waals surface area contributed by atoms with Crippen molar-refractivity contribution in [1.29, 1.82) is 5.26 Å². The van der Waals surface area contributed by atoms with E-state index in [1.165, 1.54) is 18.0 Å². The van der Waals surface area contributed by atoms with Crippen LogP contribution in [0.25, 0.3) is 16.9 Å². The summed E-state index contributed by atoms with van der Waals surface area (Å²) in [4.78, 5) is 8.08. The summed E-state index contributed by atoms with van der Waals surface area (Å²) in [5.41, 5.74) is -0.0820. The lowest BCUT2D eigenvalue weighted by Crippen LogP contribution is -2.14. The van der Waals surface area contributed by atoms with E-state index in [1.54, 1.807) is 0 Å². The normalized spacial score (nSPS) is 11.0. The quantitative estimate of drug-likeness (QED) is 0.754. The van der Waals surface area contributed by atoms with Crippen LogP contribution in [0.1, 0.15) is 19.5 Å². The molecule has 0 atom stereocenters. The minimum absolute atomic E-state index is 0.0831. The van der Waals surface area contributed by atoms with Crippen LogP contribution >= 0.6 is 0 Å². The summed E-state index contributed by atoms with van der Waals surface area (Å²) in [5, 5.41) is 16.7. The summed E-state index contributed by atoms with van der Waals surface area (Å²) in [6.45, 7) is 4.51. The summed E-state index contributed by atoms with van der Waals surface area (Å²) in [6.07, 6.45) is 1.28. The number of hydrogen-bond acceptors (Lipinski definition) is 6. The number of benzene rings is 1. The second-order valence-corrected chi connectivity index (χ2v) is 6.01. The monoisotopic (exact) mass is 358 g/mol. The van der Waals surface area contributed by atoms with Crippen LogP contribution in [0.3, 0.4) is 0 Å². The number of aromatic nitrogens is 4. The molecule has 134 valence electrons. The molecule has 3 aromatic rings. The Balaban J connectivity index is 2.32. The van der Waals surface area contributed by atoms with Crippen LogP contribution in [0.5, 0.6) is 5.75 Å². The molecule has 2 heterocycles. The molecule has 0 radical (unpaired) electrons. The number of rotatable bonds is 5. The Kier molecular flexibility index (Phi) is 4.67. The van der Waals surface area contributed by atoms with Gasteiger partial charge in [0.05, 0.1) is 12.7 Å². The Bertz CT molecular complexity index is 1010. The lowest BCUT2D eigenvalue weighted by Gasteiger charge is -2.16. The van der Waals surface area contributed by atoms with Crippen LogP contribution in [-0.4, -0.2) is 33.2 Å². The fourth-order valence-electron chi connectivity index (χ4n) is 2.52. The number of nitrogens with zero attached hydrogens (tertiary/aromatic N) is 5. The zero-order chi connectivity index (χ0) is 18.8. The van der Waals surface area contributed by atoms with E-state index < -0.39 is 11.6 Å². The van der Waals surface area contributed by atoms with Crippen molar-refractivity contribution in [3.63, 3.8) is 0 Å². The minimum atomic E-state index is -0.749. The summed E-state index contributed by atoms with van der Waals surface area (Å²) in [5.74, 6) is -0.948. The van der Waals surface area contributed by atoms with E-state index >= 15 is 0 Å². The van der Waals surface area contributed by atoms with E-state index in [2.05, 4.69) is 20.4 Å². The molecule has 1 N–H and O–H groups in total. The van der Waals surface area contributed by atoms with E-state index in [9.17, 15) is 14.0 Å². The van der Waals surface area contributed by atoms with Gasteiger partial charge in [0.25, 0.3) is 5.78 Å². The van der Waals surface area contributed by atoms with Crippen LogP contribution in [0.15, 0.2) is 18.5 Å². The Morgan fingerprint density at radius 3 is 2.73 bits per heavy atom. The van der Waals surface area contributed by atoms with E-state index in [4.69, 9.17) is 4.74 Å². The minimum Gasteiger partial charge on any atom is -0.494 e. The molecular weight excluding hydrogens is 342 g/mol. The molecule has 0 amide bonds. The van der Waals surface area contributed by atoms with Gasteiger partial charge >= 0.3 is 0 Å². The molecule has 0 saturated carbocycles. The SMILES string of the molecule is COc1cc(F)c(-c2c(C#N)nc3ncnn3c2NCC(C)C)cc1F. The molecule has 7 nitrogen and oxygen atoms in total. The fourth-order valence-corrected chi connectivity index (χ4v) is 2.52. The van der Waals surface area contributed by atoms with Crippen molar-refractivity contribution >= 4 is 11.6 Å². The van der Waals surface area contributed by atoms with Gasteiger partial charge in [-0.3, -0.25) is 0 Å². The molecular formula is C17H16F2N6O. The summed E-state index contributed by atoms with van der Waals surface area (Å²) in [6, 6.07) is 3.84. The Morgan fingerprint density at radius 2 is 2.08 bits per heavy atom. The zero-order valence-electron chi connectivity index (χ0n) is 14.4. The maximum absolute atomic E-state index is 14.7. The molecule has 0 aliphatic rings. The topological polar surface area (TPSA) is 88.1 Å². The molecule has 9 heteroatoms. The third-order valence-corrected chi connectivity index (χ3v) is 3.72. The lowest BCUT2D eigenvalue weighted by molar-refractivity contribution is 0.383. The number of hydrogen-bond donors (Lipinski definition) is 1. The van der Waals surface area contributed by atoms with Gasteiger partial charge < -0.3 is 10.1 Å². The zero-order valence-corrected chi connectivity index (χ0v) is 14.4. The van der Waals surface area contributed by atoms with Gasteiger partial charge in [-0.2, -0.15) is 24.8 Å². The van der Waals surface area contributed by atoms with E-state index in [-0.39, 0.29) is 34.3 Å². The van der Waals surface area contributed by atoms with Crippen LogP contribution in [0.4, 0.5) is 14.6 Å². The van der Waals surface area contributed by atoms with Gasteiger partial charge in [0.1, 0.15) is 24.0 Å². The molecule has 0 spiro atoms. The predicted octanol–water partition coefficient (Wildman–Crippen LogP) is 3.02. The number of nitrogens with one attached hydrogen (secondary N) is 1. The number of ether oxygens (including phenoxy) is 1. The van der Waals surface area contributed by atoms with Crippen LogP contribution in [0, 0.1) is 28.9 Å². The molecule has 0 aliphatic carbocycles. The number of halogens is 2. The molecule has 26 heavy (non-hydrogen) atoms. The van der Waals surface area contributed by atoms with E-state index in [1.807, 2.05) is 19.9 Å². The van der Waals surface area contributed by atoms with Crippen molar-refractivity contribution in [3.8, 4) is 22.9 Å². The average molecular weight is 358 g/mol. The van der Waals surface area contributed by atoms with Crippen molar-refractivity contribution in [2.75, 3.05) is 19.0 Å². The Labute approximate surface area is 148 Å². The van der Waals surface area contributed by atoms with Crippen LogP contribution < -0.4 is 10.1 Å². The van der Waals surface area contributed by atoms with Gasteiger partial charge in [0.15, 0.2) is 17.3 Å². The van der Waals surface area contributed by atoms with Crippen molar-refractivity contribution in [2.45, 2.75) is 13.8 Å². The first-order valence-corrected chi connectivity index (χ1v) is 7.87. The molecule has 0 aliphatic heterocycles. The van der Waals surface area contributed by atoms with Gasteiger partial charge in [0, 0.05) is 18.2 Å².